The van der Waals surface area contributed by atoms with Crippen LogP contribution in [0.5, 0.6) is 0 Å². The van der Waals surface area contributed by atoms with Crippen LogP contribution in [-0.4, -0.2) is 24.0 Å². The van der Waals surface area contributed by atoms with Crippen molar-refractivity contribution in [1.29, 1.82) is 0 Å². The number of hydrogen-bond acceptors (Lipinski definition) is 4. The first-order chi connectivity index (χ1) is 11.9. The number of rotatable bonds is 3. The third kappa shape index (κ3) is 3.64. The van der Waals surface area contributed by atoms with Crippen molar-refractivity contribution in [2.75, 3.05) is 0 Å². The van der Waals surface area contributed by atoms with Crippen molar-refractivity contribution in [1.82, 2.24) is 0 Å². The molecule has 0 aliphatic heterocycles. The van der Waals surface area contributed by atoms with Gasteiger partial charge in [0.15, 0.2) is 0 Å². The van der Waals surface area contributed by atoms with E-state index in [1.54, 1.807) is 6.07 Å². The Balaban J connectivity index is 0.00000261. The van der Waals surface area contributed by atoms with E-state index in [1.165, 1.54) is 0 Å². The van der Waals surface area contributed by atoms with Crippen molar-refractivity contribution in [2.24, 2.45) is 11.3 Å². The molecule has 3 rings (SSSR count). The summed E-state index contributed by atoms with van der Waals surface area (Å²) >= 11 is 0. The zero-order valence-electron chi connectivity index (χ0n) is 16.8. The first kappa shape index (κ1) is 22.9. The Labute approximate surface area is 184 Å². The van der Waals surface area contributed by atoms with E-state index in [2.05, 4.69) is 0 Å². The molecule has 1 saturated carbocycles. The fourth-order valence-electron chi connectivity index (χ4n) is 5.44. The van der Waals surface area contributed by atoms with E-state index in [0.717, 1.165) is 36.8 Å². The normalized spacial score (nSPS) is 30.2. The molecule has 7 heteroatoms. The van der Waals surface area contributed by atoms with Gasteiger partial charge < -0.3 is 9.66 Å². The molecule has 1 aromatic carbocycles. The fraction of sp³-hybridized carbons (Fsp3) is 0.650. The molecule has 0 amide bonds. The topological polar surface area (TPSA) is 94.5 Å². The molecule has 0 aromatic heterocycles. The van der Waals surface area contributed by atoms with Crippen molar-refractivity contribution in [3.8, 4) is 0 Å². The number of carbonyl (C=O) groups is 1. The van der Waals surface area contributed by atoms with Crippen LogP contribution in [0.1, 0.15) is 76.0 Å². The maximum atomic E-state index is 12.0. The second-order valence-electron chi connectivity index (χ2n) is 8.74. The van der Waals surface area contributed by atoms with Gasteiger partial charge in [0.05, 0.1) is 10.3 Å². The van der Waals surface area contributed by atoms with Gasteiger partial charge in [-0.1, -0.05) is 33.3 Å². The maximum Gasteiger partial charge on any atom is 1.00 e. The van der Waals surface area contributed by atoms with Gasteiger partial charge in [0.1, 0.15) is 10.1 Å². The molecule has 27 heavy (non-hydrogen) atoms. The molecule has 144 valence electrons. The molecule has 2 aliphatic carbocycles. The Morgan fingerprint density at radius 1 is 1.26 bits per heavy atom. The summed E-state index contributed by atoms with van der Waals surface area (Å²) in [6, 6.07) is 3.44. The SMILES string of the molecule is CC(C)c1cc2c(cc1S(=O)(=O)[O-])C1(C)CCCC(C)(C(=O)O)C1CC2.[Na+]. The van der Waals surface area contributed by atoms with Crippen LogP contribution in [0.15, 0.2) is 17.0 Å². The van der Waals surface area contributed by atoms with Crippen molar-refractivity contribution in [3.63, 3.8) is 0 Å². The summed E-state index contributed by atoms with van der Waals surface area (Å²) in [5.74, 6) is -0.923. The summed E-state index contributed by atoms with van der Waals surface area (Å²) in [7, 11) is -4.59. The fourth-order valence-corrected chi connectivity index (χ4v) is 6.29. The Morgan fingerprint density at radius 3 is 2.41 bits per heavy atom. The van der Waals surface area contributed by atoms with Crippen LogP contribution in [0, 0.1) is 11.3 Å². The summed E-state index contributed by atoms with van der Waals surface area (Å²) < 4.78 is 35.7. The van der Waals surface area contributed by atoms with Crippen molar-refractivity contribution in [2.45, 2.75) is 76.0 Å². The summed E-state index contributed by atoms with van der Waals surface area (Å²) in [6.07, 6.45) is 3.72. The molecule has 1 aromatic rings. The van der Waals surface area contributed by atoms with E-state index in [1.807, 2.05) is 33.8 Å². The molecule has 0 bridgehead atoms. The number of carboxylic acid groups (broad SMARTS) is 1. The minimum Gasteiger partial charge on any atom is -0.744 e. The van der Waals surface area contributed by atoms with Gasteiger partial charge in [0, 0.05) is 0 Å². The third-order valence-corrected chi connectivity index (χ3v) is 7.76. The average molecular weight is 402 g/mol. The van der Waals surface area contributed by atoms with E-state index in [9.17, 15) is 22.9 Å². The van der Waals surface area contributed by atoms with Crippen LogP contribution in [0.2, 0.25) is 0 Å². The number of fused-ring (bicyclic) bond motifs is 3. The van der Waals surface area contributed by atoms with Gasteiger partial charge in [-0.2, -0.15) is 0 Å². The predicted octanol–water partition coefficient (Wildman–Crippen LogP) is 0.813. The molecule has 0 saturated heterocycles. The van der Waals surface area contributed by atoms with Crippen molar-refractivity contribution >= 4 is 16.1 Å². The van der Waals surface area contributed by atoms with Gasteiger partial charge in [-0.15, -0.1) is 0 Å². The Bertz CT molecular complexity index is 863. The van der Waals surface area contributed by atoms with Crippen LogP contribution in [-0.2, 0) is 26.7 Å². The smallest absolute Gasteiger partial charge is 0.744 e. The van der Waals surface area contributed by atoms with Gasteiger partial charge in [-0.3, -0.25) is 4.79 Å². The summed E-state index contributed by atoms with van der Waals surface area (Å²) in [5.41, 5.74) is 1.25. The van der Waals surface area contributed by atoms with E-state index in [4.69, 9.17) is 0 Å². The van der Waals surface area contributed by atoms with Gasteiger partial charge in [0.25, 0.3) is 0 Å². The molecule has 0 spiro atoms. The molecule has 1 N–H and O–H groups in total. The second-order valence-corrected chi connectivity index (χ2v) is 10.1. The molecular weight excluding hydrogens is 375 g/mol. The van der Waals surface area contributed by atoms with E-state index in [0.29, 0.717) is 12.0 Å². The molecule has 0 heterocycles. The zero-order chi connectivity index (χ0) is 19.5. The Hall–Kier alpha value is -0.400. The van der Waals surface area contributed by atoms with E-state index < -0.39 is 26.9 Å². The molecule has 3 unspecified atom stereocenters. The molecule has 5 nitrogen and oxygen atoms in total. The third-order valence-electron chi connectivity index (χ3n) is 6.86. The van der Waals surface area contributed by atoms with E-state index in [-0.39, 0.29) is 46.3 Å². The molecule has 0 radical (unpaired) electrons. The number of aliphatic carboxylic acids is 1. The van der Waals surface area contributed by atoms with Crippen LogP contribution < -0.4 is 29.6 Å². The van der Waals surface area contributed by atoms with Crippen molar-refractivity contribution in [3.05, 3.63) is 28.8 Å². The van der Waals surface area contributed by atoms with Crippen LogP contribution in [0.25, 0.3) is 0 Å². The number of hydrogen-bond donors (Lipinski definition) is 1. The van der Waals surface area contributed by atoms with Crippen LogP contribution in [0.3, 0.4) is 0 Å². The Morgan fingerprint density at radius 2 is 1.89 bits per heavy atom. The number of carboxylic acids is 1. The minimum atomic E-state index is -4.59. The van der Waals surface area contributed by atoms with Gasteiger partial charge in [-0.25, -0.2) is 8.42 Å². The number of aryl methyl sites for hydroxylation is 1. The molecule has 3 atom stereocenters. The number of benzene rings is 1. The predicted molar refractivity (Wildman–Crippen MR) is 97.3 cm³/mol. The average Bonchev–Trinajstić information content (AvgIpc) is 2.52. The van der Waals surface area contributed by atoms with Gasteiger partial charge >= 0.3 is 35.5 Å². The zero-order valence-corrected chi connectivity index (χ0v) is 19.6. The summed E-state index contributed by atoms with van der Waals surface area (Å²) in [4.78, 5) is 11.9. The summed E-state index contributed by atoms with van der Waals surface area (Å²) in [5, 5.41) is 9.85. The summed E-state index contributed by atoms with van der Waals surface area (Å²) in [6.45, 7) is 7.63. The molecular formula is C20H27NaO5S. The maximum absolute atomic E-state index is 12.0. The minimum absolute atomic E-state index is 0. The molecule has 1 fully saturated rings. The van der Waals surface area contributed by atoms with Crippen molar-refractivity contribution < 1.29 is 52.4 Å². The van der Waals surface area contributed by atoms with Crippen LogP contribution >= 0.6 is 0 Å². The first-order valence-corrected chi connectivity index (χ1v) is 10.7. The second kappa shape index (κ2) is 7.45. The Kier molecular flexibility index (Phi) is 6.31. The van der Waals surface area contributed by atoms with Gasteiger partial charge in [-0.05, 0) is 72.6 Å². The monoisotopic (exact) mass is 402 g/mol. The van der Waals surface area contributed by atoms with Crippen LogP contribution in [0.4, 0.5) is 0 Å². The quantitative estimate of drug-likeness (QED) is 0.597. The first-order valence-electron chi connectivity index (χ1n) is 9.28. The van der Waals surface area contributed by atoms with E-state index >= 15 is 0 Å². The van der Waals surface area contributed by atoms with Gasteiger partial charge in [0.2, 0.25) is 0 Å². The molecule has 2 aliphatic rings. The standard InChI is InChI=1S/C20H28O5S.Na/c1-12(2)14-10-13-6-7-17-19(3,8-5-9-20(17,4)18(21)22)15(13)11-16(14)26(23,24)25;/h10-12,17H,5-9H2,1-4H3,(H,21,22)(H,23,24,25);/q;+1/p-1. The largest absolute Gasteiger partial charge is 1.00 e.